The number of hydrogen-bond donors (Lipinski definition) is 1. The maximum atomic E-state index is 6.03. The maximum Gasteiger partial charge on any atom is 0.0131 e. The van der Waals surface area contributed by atoms with E-state index < -0.39 is 0 Å². The number of allylic oxidation sites excluding steroid dienone is 1. The Balaban J connectivity index is 2.83. The van der Waals surface area contributed by atoms with Crippen molar-refractivity contribution in [2.45, 2.75) is 33.7 Å². The van der Waals surface area contributed by atoms with Crippen molar-refractivity contribution in [2.24, 2.45) is 23.5 Å². The first kappa shape index (κ1) is 8.79. The van der Waals surface area contributed by atoms with Gasteiger partial charge in [0, 0.05) is 6.04 Å². The molecule has 0 amide bonds. The Morgan fingerprint density at radius 3 is 2.36 bits per heavy atom. The molecule has 1 rings (SSSR count). The molecular weight excluding hydrogens is 134 g/mol. The number of rotatable bonds is 0. The van der Waals surface area contributed by atoms with E-state index in [1.54, 1.807) is 0 Å². The van der Waals surface area contributed by atoms with Crippen LogP contribution in [0, 0.1) is 17.8 Å². The summed E-state index contributed by atoms with van der Waals surface area (Å²) in [6.07, 6.45) is 2.31. The van der Waals surface area contributed by atoms with Crippen molar-refractivity contribution in [3.8, 4) is 0 Å². The molecule has 2 N–H and O–H groups in total. The van der Waals surface area contributed by atoms with Crippen molar-refractivity contribution in [3.63, 3.8) is 0 Å². The first-order chi connectivity index (χ1) is 5.04. The standard InChI is InChI=1S/C10H19N/c1-6-5-7(2)10(11)9(4)8(6)3/h5,7-10H,11H2,1-4H3. The highest BCUT2D eigenvalue weighted by Gasteiger charge is 2.28. The van der Waals surface area contributed by atoms with Gasteiger partial charge in [0.1, 0.15) is 0 Å². The third-order valence-electron chi connectivity index (χ3n) is 3.25. The third-order valence-corrected chi connectivity index (χ3v) is 3.25. The predicted octanol–water partition coefficient (Wildman–Crippen LogP) is 2.18. The Labute approximate surface area is 69.7 Å². The van der Waals surface area contributed by atoms with E-state index in [2.05, 4.69) is 33.8 Å². The first-order valence-corrected chi connectivity index (χ1v) is 4.48. The van der Waals surface area contributed by atoms with Crippen LogP contribution in [0.2, 0.25) is 0 Å². The summed E-state index contributed by atoms with van der Waals surface area (Å²) in [7, 11) is 0. The van der Waals surface area contributed by atoms with Crippen LogP contribution in [0.25, 0.3) is 0 Å². The highest BCUT2D eigenvalue weighted by molar-refractivity contribution is 5.13. The minimum Gasteiger partial charge on any atom is -0.327 e. The van der Waals surface area contributed by atoms with Crippen LogP contribution in [0.5, 0.6) is 0 Å². The Morgan fingerprint density at radius 2 is 1.82 bits per heavy atom. The molecule has 1 heteroatoms. The number of nitrogens with two attached hydrogens (primary N) is 1. The molecule has 0 fully saturated rings. The van der Waals surface area contributed by atoms with Gasteiger partial charge in [0.2, 0.25) is 0 Å². The van der Waals surface area contributed by atoms with Crippen LogP contribution in [0.15, 0.2) is 11.6 Å². The summed E-state index contributed by atoms with van der Waals surface area (Å²) in [5.74, 6) is 1.86. The van der Waals surface area contributed by atoms with Gasteiger partial charge in [0.25, 0.3) is 0 Å². The van der Waals surface area contributed by atoms with E-state index in [-0.39, 0.29) is 0 Å². The van der Waals surface area contributed by atoms with Gasteiger partial charge in [-0.1, -0.05) is 32.4 Å². The molecule has 4 unspecified atom stereocenters. The van der Waals surface area contributed by atoms with Gasteiger partial charge in [-0.05, 0) is 24.7 Å². The van der Waals surface area contributed by atoms with E-state index in [1.165, 1.54) is 5.57 Å². The molecule has 11 heavy (non-hydrogen) atoms. The molecule has 0 heterocycles. The van der Waals surface area contributed by atoms with Gasteiger partial charge in [-0.15, -0.1) is 0 Å². The molecule has 0 spiro atoms. The lowest BCUT2D eigenvalue weighted by atomic mass is 9.74. The van der Waals surface area contributed by atoms with E-state index in [1.807, 2.05) is 0 Å². The second-order valence-electron chi connectivity index (χ2n) is 3.99. The predicted molar refractivity (Wildman–Crippen MR) is 49.2 cm³/mol. The van der Waals surface area contributed by atoms with Gasteiger partial charge in [-0.3, -0.25) is 0 Å². The topological polar surface area (TPSA) is 26.0 Å². The lowest BCUT2D eigenvalue weighted by molar-refractivity contribution is 0.293. The zero-order valence-corrected chi connectivity index (χ0v) is 7.96. The van der Waals surface area contributed by atoms with Crippen LogP contribution in [0.3, 0.4) is 0 Å². The minimum absolute atomic E-state index is 0.355. The lowest BCUT2D eigenvalue weighted by Crippen LogP contribution is -2.40. The molecule has 64 valence electrons. The molecule has 1 aliphatic carbocycles. The van der Waals surface area contributed by atoms with Crippen LogP contribution in [0.4, 0.5) is 0 Å². The van der Waals surface area contributed by atoms with Crippen molar-refractivity contribution in [3.05, 3.63) is 11.6 Å². The van der Waals surface area contributed by atoms with Crippen LogP contribution in [-0.2, 0) is 0 Å². The SMILES string of the molecule is CC1=CC(C)C(N)C(C)C1C. The summed E-state index contributed by atoms with van der Waals surface area (Å²) < 4.78 is 0. The van der Waals surface area contributed by atoms with Gasteiger partial charge in [0.05, 0.1) is 0 Å². The van der Waals surface area contributed by atoms with E-state index >= 15 is 0 Å². The summed E-state index contributed by atoms with van der Waals surface area (Å²) in [6, 6.07) is 0.355. The van der Waals surface area contributed by atoms with Crippen molar-refractivity contribution in [1.29, 1.82) is 0 Å². The fraction of sp³-hybridized carbons (Fsp3) is 0.800. The van der Waals surface area contributed by atoms with E-state index in [0.29, 0.717) is 23.8 Å². The van der Waals surface area contributed by atoms with Gasteiger partial charge < -0.3 is 5.73 Å². The summed E-state index contributed by atoms with van der Waals surface area (Å²) in [5, 5.41) is 0. The average Bonchev–Trinajstić information content (AvgIpc) is 1.97. The summed E-state index contributed by atoms with van der Waals surface area (Å²) in [6.45, 7) is 8.94. The van der Waals surface area contributed by atoms with Gasteiger partial charge in [-0.2, -0.15) is 0 Å². The van der Waals surface area contributed by atoms with E-state index in [4.69, 9.17) is 5.73 Å². The molecule has 0 aromatic heterocycles. The molecule has 0 aromatic rings. The molecule has 0 saturated carbocycles. The highest BCUT2D eigenvalue weighted by atomic mass is 14.7. The van der Waals surface area contributed by atoms with Crippen molar-refractivity contribution in [1.82, 2.24) is 0 Å². The quantitative estimate of drug-likeness (QED) is 0.530. The van der Waals surface area contributed by atoms with Gasteiger partial charge in [-0.25, -0.2) is 0 Å². The Morgan fingerprint density at radius 1 is 1.27 bits per heavy atom. The molecule has 1 aliphatic rings. The second-order valence-corrected chi connectivity index (χ2v) is 3.99. The summed E-state index contributed by atoms with van der Waals surface area (Å²) in [5.41, 5.74) is 7.54. The Bertz CT molecular complexity index is 172. The third kappa shape index (κ3) is 1.48. The zero-order chi connectivity index (χ0) is 8.59. The molecule has 1 nitrogen and oxygen atoms in total. The molecule has 0 bridgehead atoms. The first-order valence-electron chi connectivity index (χ1n) is 4.48. The molecule has 4 atom stereocenters. The number of hydrogen-bond acceptors (Lipinski definition) is 1. The lowest BCUT2D eigenvalue weighted by Gasteiger charge is -2.35. The van der Waals surface area contributed by atoms with Crippen LogP contribution in [0.1, 0.15) is 27.7 Å². The molecule has 0 saturated heterocycles. The van der Waals surface area contributed by atoms with Crippen molar-refractivity contribution in [2.75, 3.05) is 0 Å². The molecular formula is C10H19N. The van der Waals surface area contributed by atoms with Crippen LogP contribution < -0.4 is 5.73 Å². The van der Waals surface area contributed by atoms with Gasteiger partial charge in [0.15, 0.2) is 0 Å². The van der Waals surface area contributed by atoms with Crippen molar-refractivity contribution >= 4 is 0 Å². The minimum atomic E-state index is 0.355. The van der Waals surface area contributed by atoms with E-state index in [9.17, 15) is 0 Å². The fourth-order valence-electron chi connectivity index (χ4n) is 1.90. The van der Waals surface area contributed by atoms with Crippen LogP contribution in [-0.4, -0.2) is 6.04 Å². The fourth-order valence-corrected chi connectivity index (χ4v) is 1.90. The monoisotopic (exact) mass is 153 g/mol. The Hall–Kier alpha value is -0.300. The smallest absolute Gasteiger partial charge is 0.0131 e. The van der Waals surface area contributed by atoms with Crippen molar-refractivity contribution < 1.29 is 0 Å². The van der Waals surface area contributed by atoms with Gasteiger partial charge >= 0.3 is 0 Å². The summed E-state index contributed by atoms with van der Waals surface area (Å²) >= 11 is 0. The van der Waals surface area contributed by atoms with E-state index in [0.717, 1.165) is 0 Å². The second kappa shape index (κ2) is 2.98. The van der Waals surface area contributed by atoms with Crippen LogP contribution >= 0.6 is 0 Å². The molecule has 0 radical (unpaired) electrons. The average molecular weight is 153 g/mol. The zero-order valence-electron chi connectivity index (χ0n) is 7.96. The largest absolute Gasteiger partial charge is 0.327 e. The highest BCUT2D eigenvalue weighted by Crippen LogP contribution is 2.31. The maximum absolute atomic E-state index is 6.03. The Kier molecular flexibility index (Phi) is 2.38. The summed E-state index contributed by atoms with van der Waals surface area (Å²) in [4.78, 5) is 0. The molecule has 0 aliphatic heterocycles. The normalized spacial score (nSPS) is 45.4. The molecule has 0 aromatic carbocycles.